The topological polar surface area (TPSA) is 3.24 Å². The normalized spacial score (nSPS) is 10.7. The van der Waals surface area contributed by atoms with Crippen LogP contribution in [0.2, 0.25) is 0 Å². The number of aryl methyl sites for hydroxylation is 1. The molecule has 0 fully saturated rings. The molecule has 2 rings (SSSR count). The highest BCUT2D eigenvalue weighted by Crippen LogP contribution is 2.23. The quantitative estimate of drug-likeness (QED) is 0.764. The molecule has 0 aliphatic rings. The molecule has 2 aromatic rings. The molecule has 94 valence electrons. The Labute approximate surface area is 110 Å². The van der Waals surface area contributed by atoms with Gasteiger partial charge in [-0.25, -0.2) is 0 Å². The molecule has 0 N–H and O–H groups in total. The van der Waals surface area contributed by atoms with Crippen molar-refractivity contribution in [1.29, 1.82) is 0 Å². The molecular formula is C17H21N. The van der Waals surface area contributed by atoms with Crippen molar-refractivity contribution in [3.63, 3.8) is 0 Å². The third-order valence-electron chi connectivity index (χ3n) is 3.24. The summed E-state index contributed by atoms with van der Waals surface area (Å²) in [6.07, 6.45) is 0. The minimum Gasteiger partial charge on any atom is -0.365 e. The van der Waals surface area contributed by atoms with Gasteiger partial charge >= 0.3 is 0 Å². The van der Waals surface area contributed by atoms with E-state index in [2.05, 4.69) is 80.3 Å². The van der Waals surface area contributed by atoms with Crippen LogP contribution >= 0.6 is 0 Å². The van der Waals surface area contributed by atoms with E-state index in [9.17, 15) is 0 Å². The fraction of sp³-hybridized carbons (Fsp3) is 0.294. The Morgan fingerprint density at radius 1 is 0.889 bits per heavy atom. The zero-order valence-electron chi connectivity index (χ0n) is 11.4. The second kappa shape index (κ2) is 5.72. The van der Waals surface area contributed by atoms with Crippen LogP contribution in [0.1, 0.15) is 25.0 Å². The summed E-state index contributed by atoms with van der Waals surface area (Å²) in [7, 11) is 0. The van der Waals surface area contributed by atoms with Gasteiger partial charge in [-0.1, -0.05) is 48.5 Å². The van der Waals surface area contributed by atoms with Gasteiger partial charge < -0.3 is 4.90 Å². The van der Waals surface area contributed by atoms with Crippen LogP contribution in [0.25, 0.3) is 0 Å². The summed E-state index contributed by atoms with van der Waals surface area (Å²) in [5.74, 6) is 0. The lowest BCUT2D eigenvalue weighted by molar-refractivity contribution is 0.680. The average Bonchev–Trinajstić information content (AvgIpc) is 2.38. The third kappa shape index (κ3) is 2.92. The first-order valence-corrected chi connectivity index (χ1v) is 6.54. The summed E-state index contributed by atoms with van der Waals surface area (Å²) >= 11 is 0. The molecule has 0 aliphatic carbocycles. The molecule has 0 aliphatic heterocycles. The zero-order chi connectivity index (χ0) is 13.0. The van der Waals surface area contributed by atoms with E-state index >= 15 is 0 Å². The summed E-state index contributed by atoms with van der Waals surface area (Å²) in [5, 5.41) is 0. The van der Waals surface area contributed by atoms with E-state index < -0.39 is 0 Å². The Morgan fingerprint density at radius 3 is 2.11 bits per heavy atom. The van der Waals surface area contributed by atoms with Crippen molar-refractivity contribution < 1.29 is 0 Å². The predicted octanol–water partition coefficient (Wildman–Crippen LogP) is 4.41. The molecule has 0 heterocycles. The summed E-state index contributed by atoms with van der Waals surface area (Å²) in [6, 6.07) is 19.7. The number of hydrogen-bond acceptors (Lipinski definition) is 1. The van der Waals surface area contributed by atoms with E-state index in [1.54, 1.807) is 0 Å². The van der Waals surface area contributed by atoms with Gasteiger partial charge in [-0.2, -0.15) is 0 Å². The number of anilines is 1. The van der Waals surface area contributed by atoms with Crippen LogP contribution in [0, 0.1) is 6.92 Å². The van der Waals surface area contributed by atoms with E-state index in [1.165, 1.54) is 16.8 Å². The van der Waals surface area contributed by atoms with Gasteiger partial charge in [0, 0.05) is 18.3 Å². The Morgan fingerprint density at radius 2 is 1.50 bits per heavy atom. The predicted molar refractivity (Wildman–Crippen MR) is 78.9 cm³/mol. The van der Waals surface area contributed by atoms with E-state index in [4.69, 9.17) is 0 Å². The molecule has 18 heavy (non-hydrogen) atoms. The number of para-hydroxylation sites is 1. The number of nitrogens with zero attached hydrogens (tertiary/aromatic N) is 1. The molecule has 2 aromatic carbocycles. The lowest BCUT2D eigenvalue weighted by Crippen LogP contribution is -2.30. The molecule has 0 atom stereocenters. The monoisotopic (exact) mass is 239 g/mol. The van der Waals surface area contributed by atoms with Crippen molar-refractivity contribution in [2.24, 2.45) is 0 Å². The SMILES string of the molecule is Cc1ccccc1N(Cc1ccccc1)C(C)C. The molecular weight excluding hydrogens is 218 g/mol. The number of benzene rings is 2. The van der Waals surface area contributed by atoms with Crippen molar-refractivity contribution in [2.45, 2.75) is 33.4 Å². The molecule has 1 nitrogen and oxygen atoms in total. The van der Waals surface area contributed by atoms with Crippen molar-refractivity contribution in [2.75, 3.05) is 4.90 Å². The summed E-state index contributed by atoms with van der Waals surface area (Å²) in [4.78, 5) is 2.45. The van der Waals surface area contributed by atoms with Crippen molar-refractivity contribution >= 4 is 5.69 Å². The van der Waals surface area contributed by atoms with E-state index in [-0.39, 0.29) is 0 Å². The van der Waals surface area contributed by atoms with Crippen LogP contribution < -0.4 is 4.90 Å². The fourth-order valence-electron chi connectivity index (χ4n) is 2.21. The standard InChI is InChI=1S/C17H21N/c1-14(2)18(13-16-10-5-4-6-11-16)17-12-8-7-9-15(17)3/h4-12,14H,13H2,1-3H3. The first-order valence-electron chi connectivity index (χ1n) is 6.54. The lowest BCUT2D eigenvalue weighted by Gasteiger charge is -2.30. The zero-order valence-corrected chi connectivity index (χ0v) is 11.4. The highest BCUT2D eigenvalue weighted by Gasteiger charge is 2.12. The summed E-state index contributed by atoms with van der Waals surface area (Å²) in [5.41, 5.74) is 4.02. The van der Waals surface area contributed by atoms with Gasteiger partial charge in [0.2, 0.25) is 0 Å². The van der Waals surface area contributed by atoms with Gasteiger partial charge in [-0.3, -0.25) is 0 Å². The molecule has 0 saturated heterocycles. The highest BCUT2D eigenvalue weighted by molar-refractivity contribution is 5.54. The summed E-state index contributed by atoms with van der Waals surface area (Å²) in [6.45, 7) is 7.63. The number of rotatable bonds is 4. The van der Waals surface area contributed by atoms with Crippen molar-refractivity contribution in [3.8, 4) is 0 Å². The largest absolute Gasteiger partial charge is 0.365 e. The summed E-state index contributed by atoms with van der Waals surface area (Å²) < 4.78 is 0. The maximum atomic E-state index is 2.45. The van der Waals surface area contributed by atoms with Crippen LogP contribution in [-0.2, 0) is 6.54 Å². The van der Waals surface area contributed by atoms with Crippen LogP contribution in [0.5, 0.6) is 0 Å². The molecule has 0 bridgehead atoms. The molecule has 0 saturated carbocycles. The van der Waals surface area contributed by atoms with Gasteiger partial charge in [0.15, 0.2) is 0 Å². The van der Waals surface area contributed by atoms with E-state index in [0.717, 1.165) is 6.54 Å². The lowest BCUT2D eigenvalue weighted by atomic mass is 10.1. The second-order valence-electron chi connectivity index (χ2n) is 4.99. The minimum atomic E-state index is 0.492. The van der Waals surface area contributed by atoms with Crippen molar-refractivity contribution in [1.82, 2.24) is 0 Å². The second-order valence-corrected chi connectivity index (χ2v) is 4.99. The maximum absolute atomic E-state index is 2.45. The molecule has 0 amide bonds. The Balaban J connectivity index is 2.27. The molecule has 0 unspecified atom stereocenters. The molecule has 0 spiro atoms. The van der Waals surface area contributed by atoms with Gasteiger partial charge in [0.05, 0.1) is 0 Å². The van der Waals surface area contributed by atoms with E-state index in [0.29, 0.717) is 6.04 Å². The average molecular weight is 239 g/mol. The molecule has 0 radical (unpaired) electrons. The van der Waals surface area contributed by atoms with Crippen molar-refractivity contribution in [3.05, 3.63) is 65.7 Å². The van der Waals surface area contributed by atoms with Crippen LogP contribution in [0.15, 0.2) is 54.6 Å². The van der Waals surface area contributed by atoms with Gasteiger partial charge in [0.1, 0.15) is 0 Å². The van der Waals surface area contributed by atoms with Crippen LogP contribution in [0.3, 0.4) is 0 Å². The number of hydrogen-bond donors (Lipinski definition) is 0. The highest BCUT2D eigenvalue weighted by atomic mass is 15.2. The van der Waals surface area contributed by atoms with Gasteiger partial charge in [-0.05, 0) is 38.0 Å². The fourth-order valence-corrected chi connectivity index (χ4v) is 2.21. The van der Waals surface area contributed by atoms with Gasteiger partial charge in [-0.15, -0.1) is 0 Å². The van der Waals surface area contributed by atoms with Crippen LogP contribution in [0.4, 0.5) is 5.69 Å². The third-order valence-corrected chi connectivity index (χ3v) is 3.24. The first kappa shape index (κ1) is 12.7. The first-order chi connectivity index (χ1) is 8.68. The van der Waals surface area contributed by atoms with E-state index in [1.807, 2.05) is 0 Å². The maximum Gasteiger partial charge on any atom is 0.0432 e. The Bertz CT molecular complexity index is 488. The minimum absolute atomic E-state index is 0.492. The Kier molecular flexibility index (Phi) is 4.03. The van der Waals surface area contributed by atoms with Crippen LogP contribution in [-0.4, -0.2) is 6.04 Å². The molecule has 0 aromatic heterocycles. The smallest absolute Gasteiger partial charge is 0.0432 e. The van der Waals surface area contributed by atoms with Gasteiger partial charge in [0.25, 0.3) is 0 Å². The Hall–Kier alpha value is -1.76. The molecule has 1 heteroatoms.